The SMILES string of the molecule is C=CCC(NN)C1CC2CC2C1. The molecule has 0 amide bonds. The first kappa shape index (κ1) is 8.27. The minimum absolute atomic E-state index is 0.482. The average Bonchev–Trinajstić information content (AvgIpc) is 2.70. The van der Waals surface area contributed by atoms with E-state index in [1.165, 1.54) is 19.3 Å². The minimum atomic E-state index is 0.482. The summed E-state index contributed by atoms with van der Waals surface area (Å²) in [7, 11) is 0. The van der Waals surface area contributed by atoms with Crippen molar-refractivity contribution in [2.75, 3.05) is 0 Å². The van der Waals surface area contributed by atoms with Crippen LogP contribution in [0.1, 0.15) is 25.7 Å². The topological polar surface area (TPSA) is 38.0 Å². The molecule has 0 aromatic rings. The molecule has 0 aromatic carbocycles. The summed E-state index contributed by atoms with van der Waals surface area (Å²) in [5.41, 5.74) is 2.91. The molecule has 0 spiro atoms. The van der Waals surface area contributed by atoms with E-state index in [2.05, 4.69) is 12.0 Å². The molecule has 0 bridgehead atoms. The Kier molecular flexibility index (Phi) is 2.20. The van der Waals surface area contributed by atoms with Crippen LogP contribution in [0.5, 0.6) is 0 Å². The Balaban J connectivity index is 1.84. The molecule has 12 heavy (non-hydrogen) atoms. The van der Waals surface area contributed by atoms with Crippen molar-refractivity contribution in [1.29, 1.82) is 0 Å². The Morgan fingerprint density at radius 1 is 1.42 bits per heavy atom. The lowest BCUT2D eigenvalue weighted by molar-refractivity contribution is 0.340. The van der Waals surface area contributed by atoms with Gasteiger partial charge < -0.3 is 0 Å². The molecule has 2 aliphatic rings. The molecule has 0 radical (unpaired) electrons. The van der Waals surface area contributed by atoms with Crippen LogP contribution in [0.15, 0.2) is 12.7 Å². The summed E-state index contributed by atoms with van der Waals surface area (Å²) in [5.74, 6) is 8.42. The van der Waals surface area contributed by atoms with Gasteiger partial charge in [-0.15, -0.1) is 6.58 Å². The van der Waals surface area contributed by atoms with E-state index in [4.69, 9.17) is 5.84 Å². The van der Waals surface area contributed by atoms with E-state index in [1.54, 1.807) is 0 Å². The molecular weight excluding hydrogens is 148 g/mol. The summed E-state index contributed by atoms with van der Waals surface area (Å²) in [6.45, 7) is 3.75. The normalized spacial score (nSPS) is 40.6. The van der Waals surface area contributed by atoms with Crippen LogP contribution in [0.2, 0.25) is 0 Å². The highest BCUT2D eigenvalue weighted by atomic mass is 15.2. The summed E-state index contributed by atoms with van der Waals surface area (Å²) in [5, 5.41) is 0. The summed E-state index contributed by atoms with van der Waals surface area (Å²) in [4.78, 5) is 0. The number of hydrogen-bond donors (Lipinski definition) is 2. The van der Waals surface area contributed by atoms with Gasteiger partial charge in [-0.2, -0.15) is 0 Å². The van der Waals surface area contributed by atoms with Gasteiger partial charge >= 0.3 is 0 Å². The van der Waals surface area contributed by atoms with E-state index in [0.29, 0.717) is 6.04 Å². The molecule has 2 heteroatoms. The standard InChI is InChI=1S/C10H18N2/c1-2-3-10(12-11)9-5-7-4-8(7)6-9/h2,7-10,12H,1,3-6,11H2. The van der Waals surface area contributed by atoms with Gasteiger partial charge in [0.1, 0.15) is 0 Å². The number of fused-ring (bicyclic) bond motifs is 1. The predicted molar refractivity (Wildman–Crippen MR) is 50.2 cm³/mol. The second-order valence-electron chi connectivity index (χ2n) is 4.28. The minimum Gasteiger partial charge on any atom is -0.271 e. The number of hydrazine groups is 1. The predicted octanol–water partition coefficient (Wildman–Crippen LogP) is 1.44. The molecule has 0 aliphatic heterocycles. The van der Waals surface area contributed by atoms with E-state index in [1.807, 2.05) is 6.08 Å². The largest absolute Gasteiger partial charge is 0.271 e. The lowest BCUT2D eigenvalue weighted by Gasteiger charge is -2.22. The number of hydrogen-bond acceptors (Lipinski definition) is 2. The first-order valence-electron chi connectivity index (χ1n) is 4.92. The van der Waals surface area contributed by atoms with E-state index >= 15 is 0 Å². The van der Waals surface area contributed by atoms with Gasteiger partial charge in [0.25, 0.3) is 0 Å². The Morgan fingerprint density at radius 2 is 2.08 bits per heavy atom. The fourth-order valence-corrected chi connectivity index (χ4v) is 2.67. The van der Waals surface area contributed by atoms with Gasteiger partial charge in [0, 0.05) is 6.04 Å². The first-order valence-corrected chi connectivity index (χ1v) is 4.92. The molecule has 2 saturated carbocycles. The van der Waals surface area contributed by atoms with Crippen LogP contribution in [-0.2, 0) is 0 Å². The molecule has 3 unspecified atom stereocenters. The van der Waals surface area contributed by atoms with Crippen LogP contribution in [0.25, 0.3) is 0 Å². The molecule has 2 nitrogen and oxygen atoms in total. The van der Waals surface area contributed by atoms with Gasteiger partial charge in [-0.25, -0.2) is 0 Å². The molecule has 0 heterocycles. The molecule has 0 aromatic heterocycles. The first-order chi connectivity index (χ1) is 5.85. The van der Waals surface area contributed by atoms with Gasteiger partial charge in [0.2, 0.25) is 0 Å². The number of nitrogens with two attached hydrogens (primary N) is 1. The fourth-order valence-electron chi connectivity index (χ4n) is 2.67. The molecular formula is C10H18N2. The maximum Gasteiger partial charge on any atom is 0.0273 e. The zero-order valence-corrected chi connectivity index (χ0v) is 7.50. The van der Waals surface area contributed by atoms with E-state index in [9.17, 15) is 0 Å². The summed E-state index contributed by atoms with van der Waals surface area (Å²) in [6, 6.07) is 0.482. The smallest absolute Gasteiger partial charge is 0.0273 e. The monoisotopic (exact) mass is 166 g/mol. The fraction of sp³-hybridized carbons (Fsp3) is 0.800. The third kappa shape index (κ3) is 1.41. The van der Waals surface area contributed by atoms with E-state index < -0.39 is 0 Å². The maximum atomic E-state index is 5.50. The molecule has 2 fully saturated rings. The summed E-state index contributed by atoms with van der Waals surface area (Å²) >= 11 is 0. The Bertz CT molecular complexity index is 169. The van der Waals surface area contributed by atoms with Crippen LogP contribution in [0.3, 0.4) is 0 Å². The Hall–Kier alpha value is -0.340. The number of nitrogens with one attached hydrogen (secondary N) is 1. The average molecular weight is 166 g/mol. The second kappa shape index (κ2) is 3.19. The zero-order valence-electron chi connectivity index (χ0n) is 7.50. The highest BCUT2D eigenvalue weighted by molar-refractivity contribution is 4.99. The highest BCUT2D eigenvalue weighted by Crippen LogP contribution is 2.55. The summed E-state index contributed by atoms with van der Waals surface area (Å²) in [6.07, 6.45) is 7.26. The van der Waals surface area contributed by atoms with Crippen LogP contribution < -0.4 is 11.3 Å². The van der Waals surface area contributed by atoms with Crippen molar-refractivity contribution in [3.63, 3.8) is 0 Å². The van der Waals surface area contributed by atoms with Gasteiger partial charge in [-0.1, -0.05) is 6.08 Å². The molecule has 2 aliphatic carbocycles. The van der Waals surface area contributed by atoms with Crippen molar-refractivity contribution in [1.82, 2.24) is 5.43 Å². The lowest BCUT2D eigenvalue weighted by Crippen LogP contribution is -2.40. The maximum absolute atomic E-state index is 5.50. The lowest BCUT2D eigenvalue weighted by atomic mass is 9.93. The highest BCUT2D eigenvalue weighted by Gasteiger charge is 2.47. The molecule has 3 N–H and O–H groups in total. The number of rotatable bonds is 4. The summed E-state index contributed by atoms with van der Waals surface area (Å²) < 4.78 is 0. The van der Waals surface area contributed by atoms with Crippen LogP contribution in [-0.4, -0.2) is 6.04 Å². The molecule has 68 valence electrons. The van der Waals surface area contributed by atoms with E-state index in [0.717, 1.165) is 24.2 Å². The molecule has 2 rings (SSSR count). The quantitative estimate of drug-likeness (QED) is 0.377. The zero-order chi connectivity index (χ0) is 8.55. The molecule has 0 saturated heterocycles. The van der Waals surface area contributed by atoms with Crippen molar-refractivity contribution in [2.45, 2.75) is 31.7 Å². The van der Waals surface area contributed by atoms with Crippen molar-refractivity contribution in [2.24, 2.45) is 23.6 Å². The van der Waals surface area contributed by atoms with Gasteiger partial charge in [-0.3, -0.25) is 11.3 Å². The Labute approximate surface area is 74.2 Å². The Morgan fingerprint density at radius 3 is 2.58 bits per heavy atom. The van der Waals surface area contributed by atoms with Crippen LogP contribution >= 0.6 is 0 Å². The van der Waals surface area contributed by atoms with Crippen LogP contribution in [0, 0.1) is 17.8 Å². The van der Waals surface area contributed by atoms with Gasteiger partial charge in [0.15, 0.2) is 0 Å². The third-order valence-electron chi connectivity index (χ3n) is 3.48. The third-order valence-corrected chi connectivity index (χ3v) is 3.48. The molecule has 3 atom stereocenters. The van der Waals surface area contributed by atoms with Crippen LogP contribution in [0.4, 0.5) is 0 Å². The van der Waals surface area contributed by atoms with Gasteiger partial charge in [-0.05, 0) is 43.4 Å². The van der Waals surface area contributed by atoms with E-state index in [-0.39, 0.29) is 0 Å². The van der Waals surface area contributed by atoms with Crippen molar-refractivity contribution in [3.05, 3.63) is 12.7 Å². The second-order valence-corrected chi connectivity index (χ2v) is 4.28. The van der Waals surface area contributed by atoms with Crippen molar-refractivity contribution < 1.29 is 0 Å². The van der Waals surface area contributed by atoms with Crippen molar-refractivity contribution >= 4 is 0 Å². The van der Waals surface area contributed by atoms with Crippen molar-refractivity contribution in [3.8, 4) is 0 Å². The van der Waals surface area contributed by atoms with Gasteiger partial charge in [0.05, 0.1) is 0 Å².